The molecule has 0 fully saturated rings. The van der Waals surface area contributed by atoms with Gasteiger partial charge in [-0.3, -0.25) is 4.40 Å². The normalized spacial score (nSPS) is 11.3. The van der Waals surface area contributed by atoms with Crippen LogP contribution in [0.1, 0.15) is 29.7 Å². The van der Waals surface area contributed by atoms with Crippen molar-refractivity contribution in [3.8, 4) is 23.6 Å². The summed E-state index contributed by atoms with van der Waals surface area (Å²) in [5.74, 6) is 2.15. The third kappa shape index (κ3) is 3.39. The Balaban J connectivity index is 1.64. The highest BCUT2D eigenvalue weighted by molar-refractivity contribution is 6.11. The van der Waals surface area contributed by atoms with Gasteiger partial charge in [0.1, 0.15) is 29.1 Å². The molecule has 4 aromatic heterocycles. The van der Waals surface area contributed by atoms with Gasteiger partial charge in [-0.2, -0.15) is 10.5 Å². The standard InChI is InChI=1S/C28H22N8O2/c1-4-23-34-26-24(27-32-17-7-5-6-8-20(17)36(23)27)25-28(33-19(15-30)18(14-29)31-25)35(26)12-11-16-9-10-21(37-2)22(13-16)38-3/h5-10,13H,4,11-12H2,1-3H3. The molecule has 0 N–H and O–H groups in total. The van der Waals surface area contributed by atoms with E-state index in [9.17, 15) is 10.5 Å². The number of rotatable bonds is 6. The van der Waals surface area contributed by atoms with Gasteiger partial charge in [0.15, 0.2) is 34.2 Å². The number of benzene rings is 2. The first-order valence-corrected chi connectivity index (χ1v) is 12.1. The number of fused-ring (bicyclic) bond motifs is 7. The highest BCUT2D eigenvalue weighted by atomic mass is 16.5. The maximum Gasteiger partial charge on any atom is 0.179 e. The third-order valence-corrected chi connectivity index (χ3v) is 6.73. The highest BCUT2D eigenvalue weighted by Crippen LogP contribution is 2.33. The van der Waals surface area contributed by atoms with Crippen molar-refractivity contribution in [1.82, 2.24) is 28.9 Å². The molecule has 2 aromatic carbocycles. The summed E-state index contributed by atoms with van der Waals surface area (Å²) in [6.45, 7) is 2.56. The second-order valence-electron chi connectivity index (χ2n) is 8.75. The molecule has 0 aliphatic carbocycles. The minimum atomic E-state index is -0.0206. The molecule has 0 saturated heterocycles. The monoisotopic (exact) mass is 502 g/mol. The van der Waals surface area contributed by atoms with Gasteiger partial charge in [0.2, 0.25) is 0 Å². The zero-order chi connectivity index (χ0) is 26.4. The van der Waals surface area contributed by atoms with Crippen LogP contribution in [-0.2, 0) is 19.4 Å². The van der Waals surface area contributed by atoms with Crippen LogP contribution >= 0.6 is 0 Å². The van der Waals surface area contributed by atoms with E-state index in [1.165, 1.54) is 0 Å². The van der Waals surface area contributed by atoms with Crippen LogP contribution in [0.25, 0.3) is 38.9 Å². The maximum absolute atomic E-state index is 9.67. The number of aryl methyl sites for hydroxylation is 3. The third-order valence-electron chi connectivity index (χ3n) is 6.73. The summed E-state index contributed by atoms with van der Waals surface area (Å²) in [7, 11) is 3.21. The Morgan fingerprint density at radius 2 is 1.61 bits per heavy atom. The van der Waals surface area contributed by atoms with E-state index in [1.54, 1.807) is 14.2 Å². The molecule has 0 atom stereocenters. The van der Waals surface area contributed by atoms with E-state index in [1.807, 2.05) is 63.6 Å². The number of imidazole rings is 1. The predicted octanol–water partition coefficient (Wildman–Crippen LogP) is 4.35. The Morgan fingerprint density at radius 1 is 0.842 bits per heavy atom. The van der Waals surface area contributed by atoms with Crippen molar-refractivity contribution < 1.29 is 9.47 Å². The molecule has 0 unspecified atom stereocenters. The fourth-order valence-electron chi connectivity index (χ4n) is 4.95. The lowest BCUT2D eigenvalue weighted by atomic mass is 10.1. The van der Waals surface area contributed by atoms with Crippen LogP contribution in [-0.4, -0.2) is 43.1 Å². The Bertz CT molecular complexity index is 1970. The number of hydrogen-bond donors (Lipinski definition) is 0. The van der Waals surface area contributed by atoms with Crippen molar-refractivity contribution in [1.29, 1.82) is 10.5 Å². The van der Waals surface area contributed by atoms with E-state index in [2.05, 4.69) is 16.9 Å². The van der Waals surface area contributed by atoms with E-state index in [-0.39, 0.29) is 11.4 Å². The zero-order valence-corrected chi connectivity index (χ0v) is 21.1. The van der Waals surface area contributed by atoms with Gasteiger partial charge in [-0.25, -0.2) is 19.9 Å². The lowest BCUT2D eigenvalue weighted by Gasteiger charge is -2.11. The average Bonchev–Trinajstić information content (AvgIpc) is 3.49. The summed E-state index contributed by atoms with van der Waals surface area (Å²) in [5.41, 5.74) is 5.13. The fraction of sp³-hybridized carbons (Fsp3) is 0.214. The van der Waals surface area contributed by atoms with Gasteiger partial charge in [0.25, 0.3) is 0 Å². The van der Waals surface area contributed by atoms with Crippen molar-refractivity contribution in [3.63, 3.8) is 0 Å². The summed E-state index contributed by atoms with van der Waals surface area (Å²) < 4.78 is 14.9. The SMILES string of the molecule is CCc1nc2c(c3nc(C#N)c(C#N)nc3n2CCc2ccc(OC)c(OC)c2)c2nc3ccccc3n12. The van der Waals surface area contributed by atoms with Crippen molar-refractivity contribution in [2.45, 2.75) is 26.3 Å². The molecule has 10 nitrogen and oxygen atoms in total. The van der Waals surface area contributed by atoms with Crippen LogP contribution in [0.15, 0.2) is 42.5 Å². The van der Waals surface area contributed by atoms with E-state index < -0.39 is 0 Å². The van der Waals surface area contributed by atoms with Crippen LogP contribution in [0.2, 0.25) is 0 Å². The largest absolute Gasteiger partial charge is 0.493 e. The van der Waals surface area contributed by atoms with E-state index in [0.717, 1.165) is 22.4 Å². The summed E-state index contributed by atoms with van der Waals surface area (Å²) >= 11 is 0. The van der Waals surface area contributed by atoms with Crippen molar-refractivity contribution in [3.05, 3.63) is 65.2 Å². The van der Waals surface area contributed by atoms with Crippen molar-refractivity contribution in [2.24, 2.45) is 0 Å². The van der Waals surface area contributed by atoms with E-state index in [4.69, 9.17) is 19.4 Å². The fourth-order valence-corrected chi connectivity index (χ4v) is 4.95. The molecular weight excluding hydrogens is 480 g/mol. The van der Waals surface area contributed by atoms with Crippen molar-refractivity contribution in [2.75, 3.05) is 14.2 Å². The molecule has 6 rings (SSSR count). The van der Waals surface area contributed by atoms with Crippen molar-refractivity contribution >= 4 is 38.9 Å². The summed E-state index contributed by atoms with van der Waals surface area (Å²) in [5, 5.41) is 20.0. The van der Waals surface area contributed by atoms with Gasteiger partial charge in [-0.1, -0.05) is 25.1 Å². The number of aromatic nitrogens is 6. The smallest absolute Gasteiger partial charge is 0.179 e. The number of ether oxygens (including phenoxy) is 2. The van der Waals surface area contributed by atoms with Crippen LogP contribution < -0.4 is 9.47 Å². The molecule has 38 heavy (non-hydrogen) atoms. The Kier molecular flexibility index (Phi) is 5.50. The summed E-state index contributed by atoms with van der Waals surface area (Å²) in [6.07, 6.45) is 1.31. The Hall–Kier alpha value is -5.22. The topological polar surface area (TPSA) is 127 Å². The van der Waals surface area contributed by atoms with E-state index in [0.29, 0.717) is 58.7 Å². The predicted molar refractivity (Wildman–Crippen MR) is 141 cm³/mol. The van der Waals surface area contributed by atoms with Gasteiger partial charge < -0.3 is 14.0 Å². The number of hydrogen-bond acceptors (Lipinski definition) is 8. The molecule has 0 aliphatic heterocycles. The lowest BCUT2D eigenvalue weighted by molar-refractivity contribution is 0.354. The first kappa shape index (κ1) is 23.2. The molecule has 0 amide bonds. The average molecular weight is 503 g/mol. The quantitative estimate of drug-likeness (QED) is 0.329. The summed E-state index contributed by atoms with van der Waals surface area (Å²) in [4.78, 5) is 19.2. The second kappa shape index (κ2) is 9.02. The maximum atomic E-state index is 9.67. The van der Waals surface area contributed by atoms with Crippen LogP contribution in [0, 0.1) is 22.7 Å². The first-order chi connectivity index (χ1) is 18.6. The van der Waals surface area contributed by atoms with Gasteiger partial charge in [-0.05, 0) is 36.2 Å². The van der Waals surface area contributed by atoms with Gasteiger partial charge in [0.05, 0.1) is 30.6 Å². The van der Waals surface area contributed by atoms with E-state index >= 15 is 0 Å². The van der Waals surface area contributed by atoms with Crippen LogP contribution in [0.3, 0.4) is 0 Å². The minimum Gasteiger partial charge on any atom is -0.493 e. The molecule has 0 aliphatic rings. The molecule has 10 heteroatoms. The zero-order valence-electron chi connectivity index (χ0n) is 21.1. The molecule has 0 spiro atoms. The molecular formula is C28H22N8O2. The molecule has 186 valence electrons. The second-order valence-corrected chi connectivity index (χ2v) is 8.75. The molecule has 0 radical (unpaired) electrons. The van der Waals surface area contributed by atoms with Gasteiger partial charge in [0, 0.05) is 13.0 Å². The lowest BCUT2D eigenvalue weighted by Crippen LogP contribution is -2.07. The molecule has 0 saturated carbocycles. The number of para-hydroxylation sites is 2. The first-order valence-electron chi connectivity index (χ1n) is 12.1. The Morgan fingerprint density at radius 3 is 2.34 bits per heavy atom. The number of nitriles is 2. The summed E-state index contributed by atoms with van der Waals surface area (Å²) in [6, 6.07) is 17.7. The molecule has 6 aromatic rings. The Labute approximate surface area is 217 Å². The highest BCUT2D eigenvalue weighted by Gasteiger charge is 2.24. The number of nitrogens with zero attached hydrogens (tertiary/aromatic N) is 8. The minimum absolute atomic E-state index is 0.0181. The van der Waals surface area contributed by atoms with Crippen LogP contribution in [0.5, 0.6) is 11.5 Å². The molecule has 4 heterocycles. The number of methoxy groups -OCH3 is 2. The van der Waals surface area contributed by atoms with Gasteiger partial charge in [-0.15, -0.1) is 0 Å². The van der Waals surface area contributed by atoms with Crippen LogP contribution in [0.4, 0.5) is 0 Å². The molecule has 0 bridgehead atoms. The van der Waals surface area contributed by atoms with Gasteiger partial charge >= 0.3 is 0 Å².